The fraction of sp³-hybridized carbons (Fsp3) is 0.409. The van der Waals surface area contributed by atoms with Gasteiger partial charge in [-0.15, -0.1) is 0 Å². The number of carboxylic acids is 2. The van der Waals surface area contributed by atoms with Gasteiger partial charge in [0.25, 0.3) is 0 Å². The first-order chi connectivity index (χ1) is 15.2. The van der Waals surface area contributed by atoms with Crippen molar-refractivity contribution in [1.82, 2.24) is 19.5 Å². The third kappa shape index (κ3) is 4.23. The molecule has 0 spiro atoms. The molecule has 0 saturated carbocycles. The summed E-state index contributed by atoms with van der Waals surface area (Å²) in [7, 11) is 0. The summed E-state index contributed by atoms with van der Waals surface area (Å²) in [4.78, 5) is 27.7. The minimum Gasteiger partial charge on any atom is -0.480 e. The number of piperazine rings is 1. The fourth-order valence-electron chi connectivity index (χ4n) is 4.40. The lowest BCUT2D eigenvalue weighted by atomic mass is 10.0. The van der Waals surface area contributed by atoms with Gasteiger partial charge in [-0.25, -0.2) is 4.39 Å². The van der Waals surface area contributed by atoms with E-state index in [2.05, 4.69) is 10.1 Å². The molecular formula is C22H25FN4O5. The van der Waals surface area contributed by atoms with Crippen LogP contribution < -0.4 is 0 Å². The Morgan fingerprint density at radius 1 is 1.19 bits per heavy atom. The smallest absolute Gasteiger partial charge is 0.325 e. The van der Waals surface area contributed by atoms with Gasteiger partial charge in [-0.2, -0.15) is 0 Å². The number of hydrogen-bond donors (Lipinski definition) is 2. The Bertz CT molecular complexity index is 1140. The lowest BCUT2D eigenvalue weighted by molar-refractivity contribution is -0.144. The second-order valence-electron chi connectivity index (χ2n) is 8.12. The standard InChI is InChI=1S/C22H25FN4O5/c1-13-17(14(2)32-24-13)10-25-5-7-26(8-6-25)21(22(30)31)18-11-27(12-20(28)29)19-9-15(23)3-4-16(18)19/h3-4,9,11,21H,5-8,10,12H2,1-2H3,(H,28,29)(H,30,31)/t21-/m0/s1. The molecule has 1 fully saturated rings. The first-order valence-electron chi connectivity index (χ1n) is 10.4. The number of nitrogens with zero attached hydrogens (tertiary/aromatic N) is 4. The second kappa shape index (κ2) is 8.71. The molecular weight excluding hydrogens is 419 g/mol. The maximum Gasteiger partial charge on any atom is 0.325 e. The van der Waals surface area contributed by atoms with Crippen LogP contribution in [-0.2, 0) is 22.7 Å². The molecule has 1 aliphatic rings. The number of aryl methyl sites for hydroxylation is 2. The highest BCUT2D eigenvalue weighted by atomic mass is 19.1. The van der Waals surface area contributed by atoms with Gasteiger partial charge >= 0.3 is 11.9 Å². The number of hydrogen-bond acceptors (Lipinski definition) is 6. The van der Waals surface area contributed by atoms with E-state index in [0.717, 1.165) is 17.0 Å². The van der Waals surface area contributed by atoms with E-state index in [1.54, 1.807) is 0 Å². The summed E-state index contributed by atoms with van der Waals surface area (Å²) >= 11 is 0. The Morgan fingerprint density at radius 3 is 2.50 bits per heavy atom. The van der Waals surface area contributed by atoms with Crippen LogP contribution in [0.25, 0.3) is 10.9 Å². The predicted octanol–water partition coefficient (Wildman–Crippen LogP) is 2.41. The normalized spacial score (nSPS) is 16.5. The molecule has 170 valence electrons. The van der Waals surface area contributed by atoms with Crippen LogP contribution in [0.1, 0.15) is 28.6 Å². The number of fused-ring (bicyclic) bond motifs is 1. The molecule has 1 aliphatic heterocycles. The van der Waals surface area contributed by atoms with Crippen LogP contribution in [-0.4, -0.2) is 67.9 Å². The SMILES string of the molecule is Cc1noc(C)c1CN1CCN([C@H](C(=O)O)c2cn(CC(=O)O)c3cc(F)ccc23)CC1. The molecule has 1 aromatic carbocycles. The minimum atomic E-state index is -1.09. The third-order valence-corrected chi connectivity index (χ3v) is 6.04. The average molecular weight is 444 g/mol. The van der Waals surface area contributed by atoms with E-state index in [-0.39, 0.29) is 6.54 Å². The van der Waals surface area contributed by atoms with Crippen molar-refractivity contribution in [3.05, 3.63) is 52.8 Å². The highest BCUT2D eigenvalue weighted by Crippen LogP contribution is 2.32. The number of carboxylic acid groups (broad SMARTS) is 2. The Morgan fingerprint density at radius 2 is 1.91 bits per heavy atom. The van der Waals surface area contributed by atoms with Crippen molar-refractivity contribution < 1.29 is 28.7 Å². The molecule has 1 atom stereocenters. The van der Waals surface area contributed by atoms with Gasteiger partial charge in [-0.3, -0.25) is 19.4 Å². The van der Waals surface area contributed by atoms with Gasteiger partial charge in [-0.05, 0) is 32.0 Å². The van der Waals surface area contributed by atoms with Crippen molar-refractivity contribution in [2.24, 2.45) is 0 Å². The summed E-state index contributed by atoms with van der Waals surface area (Å²) in [6, 6.07) is 3.06. The van der Waals surface area contributed by atoms with E-state index in [1.807, 2.05) is 18.7 Å². The van der Waals surface area contributed by atoms with Crippen LogP contribution in [0, 0.1) is 19.7 Å². The van der Waals surface area contributed by atoms with E-state index < -0.39 is 23.8 Å². The van der Waals surface area contributed by atoms with Gasteiger partial charge in [0.2, 0.25) is 0 Å². The van der Waals surface area contributed by atoms with Crippen molar-refractivity contribution in [2.75, 3.05) is 26.2 Å². The van der Waals surface area contributed by atoms with Gasteiger partial charge in [0.05, 0.1) is 11.2 Å². The zero-order valence-electron chi connectivity index (χ0n) is 17.9. The van der Waals surface area contributed by atoms with Gasteiger partial charge in [0.15, 0.2) is 0 Å². The number of halogens is 1. The first kappa shape index (κ1) is 22.0. The molecule has 10 heteroatoms. The number of carbonyl (C=O) groups is 2. The summed E-state index contributed by atoms with van der Waals surface area (Å²) in [5.41, 5.74) is 2.73. The Kier molecular flexibility index (Phi) is 5.98. The molecule has 0 bridgehead atoms. The quantitative estimate of drug-likeness (QED) is 0.572. The van der Waals surface area contributed by atoms with Crippen LogP contribution in [0.15, 0.2) is 28.9 Å². The van der Waals surface area contributed by atoms with Gasteiger partial charge in [0.1, 0.15) is 24.2 Å². The van der Waals surface area contributed by atoms with E-state index in [9.17, 15) is 24.2 Å². The van der Waals surface area contributed by atoms with Crippen molar-refractivity contribution in [3.63, 3.8) is 0 Å². The molecule has 0 radical (unpaired) electrons. The van der Waals surface area contributed by atoms with Crippen LogP contribution in [0.2, 0.25) is 0 Å². The van der Waals surface area contributed by atoms with Gasteiger partial charge in [-0.1, -0.05) is 5.16 Å². The molecule has 1 saturated heterocycles. The van der Waals surface area contributed by atoms with Gasteiger partial charge in [0, 0.05) is 55.4 Å². The summed E-state index contributed by atoms with van der Waals surface area (Å²) in [6.45, 7) is 6.45. The zero-order valence-corrected chi connectivity index (χ0v) is 17.9. The third-order valence-electron chi connectivity index (χ3n) is 6.04. The number of rotatable bonds is 7. The van der Waals surface area contributed by atoms with Crippen molar-refractivity contribution >= 4 is 22.8 Å². The lowest BCUT2D eigenvalue weighted by Crippen LogP contribution is -2.48. The highest BCUT2D eigenvalue weighted by Gasteiger charge is 2.33. The van der Waals surface area contributed by atoms with Gasteiger partial charge < -0.3 is 19.3 Å². The van der Waals surface area contributed by atoms with E-state index in [0.29, 0.717) is 49.2 Å². The molecule has 3 heterocycles. The monoisotopic (exact) mass is 444 g/mol. The Balaban J connectivity index is 1.58. The molecule has 2 N–H and O–H groups in total. The van der Waals surface area contributed by atoms with E-state index in [4.69, 9.17) is 4.52 Å². The number of aliphatic carboxylic acids is 2. The number of benzene rings is 1. The predicted molar refractivity (Wildman–Crippen MR) is 113 cm³/mol. The van der Waals surface area contributed by atoms with Crippen molar-refractivity contribution in [2.45, 2.75) is 33.0 Å². The largest absolute Gasteiger partial charge is 0.480 e. The van der Waals surface area contributed by atoms with Crippen molar-refractivity contribution in [3.8, 4) is 0 Å². The fourth-order valence-corrected chi connectivity index (χ4v) is 4.40. The molecule has 32 heavy (non-hydrogen) atoms. The van der Waals surface area contributed by atoms with E-state index >= 15 is 0 Å². The molecule has 0 aliphatic carbocycles. The molecule has 9 nitrogen and oxygen atoms in total. The molecule has 0 amide bonds. The van der Waals surface area contributed by atoms with Crippen molar-refractivity contribution in [1.29, 1.82) is 0 Å². The Labute approximate surface area is 183 Å². The highest BCUT2D eigenvalue weighted by molar-refractivity contribution is 5.90. The van der Waals surface area contributed by atoms with Crippen LogP contribution >= 0.6 is 0 Å². The average Bonchev–Trinajstić information content (AvgIpc) is 3.23. The number of aromatic nitrogens is 2. The maximum atomic E-state index is 13.8. The molecule has 2 aromatic heterocycles. The second-order valence-corrected chi connectivity index (χ2v) is 8.12. The molecule has 3 aromatic rings. The molecule has 0 unspecified atom stereocenters. The summed E-state index contributed by atoms with van der Waals surface area (Å²) in [5.74, 6) is -1.83. The summed E-state index contributed by atoms with van der Waals surface area (Å²) < 4.78 is 20.4. The minimum absolute atomic E-state index is 0.366. The summed E-state index contributed by atoms with van der Waals surface area (Å²) in [5, 5.41) is 23.8. The first-order valence-corrected chi connectivity index (χ1v) is 10.4. The van der Waals surface area contributed by atoms with E-state index in [1.165, 1.54) is 29.0 Å². The van der Waals surface area contributed by atoms with Crippen LogP contribution in [0.4, 0.5) is 4.39 Å². The molecule has 4 rings (SSSR count). The summed E-state index contributed by atoms with van der Waals surface area (Å²) in [6.07, 6.45) is 1.52. The Hall–Kier alpha value is -3.24. The lowest BCUT2D eigenvalue weighted by Gasteiger charge is -2.37. The zero-order chi connectivity index (χ0) is 23.0. The topological polar surface area (TPSA) is 112 Å². The van der Waals surface area contributed by atoms with Crippen LogP contribution in [0.3, 0.4) is 0 Å². The van der Waals surface area contributed by atoms with Crippen LogP contribution in [0.5, 0.6) is 0 Å². The maximum absolute atomic E-state index is 13.8.